The molecule has 0 aliphatic carbocycles. The summed E-state index contributed by atoms with van der Waals surface area (Å²) in [7, 11) is 0. The van der Waals surface area contributed by atoms with Crippen LogP contribution in [0.25, 0.3) is 0 Å². The van der Waals surface area contributed by atoms with Gasteiger partial charge in [0.25, 0.3) is 5.91 Å². The Morgan fingerprint density at radius 2 is 1.83 bits per heavy atom. The number of amides is 2. The summed E-state index contributed by atoms with van der Waals surface area (Å²) in [5, 5.41) is 3.02. The molecule has 1 unspecified atom stereocenters. The number of carbonyl (C=O) groups excluding carboxylic acids is 2. The third kappa shape index (κ3) is 4.78. The van der Waals surface area contributed by atoms with Gasteiger partial charge >= 0.3 is 0 Å². The summed E-state index contributed by atoms with van der Waals surface area (Å²) in [6.07, 6.45) is 5.71. The molecule has 2 aliphatic rings. The Hall–Kier alpha value is -2.96. The maximum Gasteiger partial charge on any atom is 0.253 e. The average molecular weight is 410 g/mol. The fraction of sp³-hybridized carbons (Fsp3) is 0.435. The summed E-state index contributed by atoms with van der Waals surface area (Å²) in [4.78, 5) is 33.8. The van der Waals surface area contributed by atoms with Gasteiger partial charge in [0.15, 0.2) is 0 Å². The lowest BCUT2D eigenvalue weighted by molar-refractivity contribution is -0.126. The molecule has 0 radical (unpaired) electrons. The van der Waals surface area contributed by atoms with Gasteiger partial charge in [-0.2, -0.15) is 0 Å². The lowest BCUT2D eigenvalue weighted by Gasteiger charge is -2.32. The molecule has 1 N–H and O–H groups in total. The minimum atomic E-state index is -0.369. The van der Waals surface area contributed by atoms with Gasteiger partial charge in [0.1, 0.15) is 11.6 Å². The molecule has 7 heteroatoms. The summed E-state index contributed by atoms with van der Waals surface area (Å²) in [5.41, 5.74) is 1.47. The molecule has 1 aromatic carbocycles. The van der Waals surface area contributed by atoms with Crippen molar-refractivity contribution in [2.45, 2.75) is 32.2 Å². The number of hydrogen-bond acceptors (Lipinski definition) is 4. The predicted molar refractivity (Wildman–Crippen MR) is 113 cm³/mol. The van der Waals surface area contributed by atoms with Gasteiger partial charge in [0.05, 0.1) is 5.92 Å². The standard InChI is InChI=1S/C23H27FN4O2/c24-20-7-5-18(6-8-20)23(30)28-13-3-4-19(16-28)22(29)26-15-17-9-10-25-21(14-17)27-11-1-2-12-27/h5-10,14,19H,1-4,11-13,15-16H2,(H,26,29). The topological polar surface area (TPSA) is 65.5 Å². The summed E-state index contributed by atoms with van der Waals surface area (Å²) in [5.74, 6) is 0.172. The van der Waals surface area contributed by atoms with Crippen LogP contribution in [-0.2, 0) is 11.3 Å². The van der Waals surface area contributed by atoms with Gasteiger partial charge in [0.2, 0.25) is 5.91 Å². The highest BCUT2D eigenvalue weighted by Gasteiger charge is 2.28. The first-order valence-corrected chi connectivity index (χ1v) is 10.6. The number of aromatic nitrogens is 1. The Kier molecular flexibility index (Phi) is 6.26. The van der Waals surface area contributed by atoms with Gasteiger partial charge in [-0.1, -0.05) is 0 Å². The molecule has 2 aromatic rings. The molecule has 2 saturated heterocycles. The zero-order valence-corrected chi connectivity index (χ0v) is 17.0. The molecule has 0 bridgehead atoms. The number of hydrogen-bond donors (Lipinski definition) is 1. The molecule has 6 nitrogen and oxygen atoms in total. The van der Waals surface area contributed by atoms with Crippen molar-refractivity contribution in [2.24, 2.45) is 5.92 Å². The summed E-state index contributed by atoms with van der Waals surface area (Å²) in [6.45, 7) is 3.51. The van der Waals surface area contributed by atoms with E-state index in [9.17, 15) is 14.0 Å². The summed E-state index contributed by atoms with van der Waals surface area (Å²) in [6, 6.07) is 9.51. The Bertz CT molecular complexity index is 896. The Morgan fingerprint density at radius 1 is 1.07 bits per heavy atom. The number of benzene rings is 1. The van der Waals surface area contributed by atoms with Gasteiger partial charge < -0.3 is 15.1 Å². The largest absolute Gasteiger partial charge is 0.357 e. The second-order valence-electron chi connectivity index (χ2n) is 8.03. The molecule has 2 amide bonds. The van der Waals surface area contributed by atoms with Crippen LogP contribution in [0.2, 0.25) is 0 Å². The fourth-order valence-corrected chi connectivity index (χ4v) is 4.17. The highest BCUT2D eigenvalue weighted by Crippen LogP contribution is 2.21. The molecule has 30 heavy (non-hydrogen) atoms. The normalized spacial score (nSPS) is 19.0. The van der Waals surface area contributed by atoms with Gasteiger partial charge in [-0.25, -0.2) is 9.37 Å². The van der Waals surface area contributed by atoms with Crippen molar-refractivity contribution >= 4 is 17.6 Å². The van der Waals surface area contributed by atoms with Crippen LogP contribution in [0.3, 0.4) is 0 Å². The van der Waals surface area contributed by atoms with Crippen molar-refractivity contribution in [1.82, 2.24) is 15.2 Å². The SMILES string of the molecule is O=C(NCc1ccnc(N2CCCC2)c1)C1CCCN(C(=O)c2ccc(F)cc2)C1. The number of nitrogens with one attached hydrogen (secondary N) is 1. The second kappa shape index (κ2) is 9.24. The summed E-state index contributed by atoms with van der Waals surface area (Å²) < 4.78 is 13.1. The van der Waals surface area contributed by atoms with Crippen LogP contribution in [0.4, 0.5) is 10.2 Å². The molecule has 1 aromatic heterocycles. The molecule has 2 fully saturated rings. The number of nitrogens with zero attached hydrogens (tertiary/aromatic N) is 3. The van der Waals surface area contributed by atoms with Crippen LogP contribution in [-0.4, -0.2) is 47.9 Å². The van der Waals surface area contributed by atoms with Crippen LogP contribution in [0.1, 0.15) is 41.6 Å². The third-order valence-electron chi connectivity index (χ3n) is 5.88. The Labute approximate surface area is 176 Å². The predicted octanol–water partition coefficient (Wildman–Crippen LogP) is 2.99. The zero-order chi connectivity index (χ0) is 20.9. The summed E-state index contributed by atoms with van der Waals surface area (Å²) >= 11 is 0. The third-order valence-corrected chi connectivity index (χ3v) is 5.88. The van der Waals surface area contributed by atoms with E-state index in [2.05, 4.69) is 15.2 Å². The fourth-order valence-electron chi connectivity index (χ4n) is 4.17. The van der Waals surface area contributed by atoms with E-state index >= 15 is 0 Å². The van der Waals surface area contributed by atoms with Crippen LogP contribution in [0, 0.1) is 11.7 Å². The molecular formula is C23H27FN4O2. The minimum Gasteiger partial charge on any atom is -0.357 e. The smallest absolute Gasteiger partial charge is 0.253 e. The minimum absolute atomic E-state index is 0.0360. The van der Waals surface area contributed by atoms with E-state index in [1.54, 1.807) is 11.1 Å². The quantitative estimate of drug-likeness (QED) is 0.823. The number of likely N-dealkylation sites (tertiary alicyclic amines) is 1. The van der Waals surface area contributed by atoms with Crippen molar-refractivity contribution in [3.63, 3.8) is 0 Å². The van der Waals surface area contributed by atoms with Crippen molar-refractivity contribution in [3.8, 4) is 0 Å². The molecule has 3 heterocycles. The van der Waals surface area contributed by atoms with Crippen LogP contribution >= 0.6 is 0 Å². The molecule has 0 saturated carbocycles. The first-order valence-electron chi connectivity index (χ1n) is 10.6. The van der Waals surface area contributed by atoms with Crippen LogP contribution in [0.15, 0.2) is 42.6 Å². The molecule has 1 atom stereocenters. The number of pyridine rings is 1. The number of halogens is 1. The number of carbonyl (C=O) groups is 2. The van der Waals surface area contributed by atoms with Gasteiger partial charge in [-0.3, -0.25) is 9.59 Å². The molecule has 0 spiro atoms. The van der Waals surface area contributed by atoms with E-state index in [4.69, 9.17) is 0 Å². The average Bonchev–Trinajstić information content (AvgIpc) is 3.33. The maximum absolute atomic E-state index is 13.1. The molecule has 4 rings (SSSR count). The highest BCUT2D eigenvalue weighted by molar-refractivity contribution is 5.94. The molecule has 158 valence electrons. The number of anilines is 1. The van der Waals surface area contributed by atoms with E-state index in [0.717, 1.165) is 37.3 Å². The van der Waals surface area contributed by atoms with E-state index < -0.39 is 0 Å². The van der Waals surface area contributed by atoms with E-state index in [1.807, 2.05) is 12.1 Å². The highest BCUT2D eigenvalue weighted by atomic mass is 19.1. The first kappa shape index (κ1) is 20.3. The van der Waals surface area contributed by atoms with Crippen molar-refractivity contribution in [3.05, 3.63) is 59.5 Å². The second-order valence-corrected chi connectivity index (χ2v) is 8.03. The maximum atomic E-state index is 13.1. The van der Waals surface area contributed by atoms with Crippen molar-refractivity contribution < 1.29 is 14.0 Å². The molecular weight excluding hydrogens is 383 g/mol. The van der Waals surface area contributed by atoms with Gasteiger partial charge in [0, 0.05) is 44.5 Å². The van der Waals surface area contributed by atoms with Crippen molar-refractivity contribution in [1.29, 1.82) is 0 Å². The molecule has 2 aliphatic heterocycles. The number of rotatable bonds is 5. The Morgan fingerprint density at radius 3 is 2.60 bits per heavy atom. The van der Waals surface area contributed by atoms with Crippen LogP contribution in [0.5, 0.6) is 0 Å². The zero-order valence-electron chi connectivity index (χ0n) is 17.0. The van der Waals surface area contributed by atoms with E-state index in [-0.39, 0.29) is 23.5 Å². The van der Waals surface area contributed by atoms with Crippen molar-refractivity contribution in [2.75, 3.05) is 31.1 Å². The lowest BCUT2D eigenvalue weighted by atomic mass is 9.96. The van der Waals surface area contributed by atoms with E-state index in [0.29, 0.717) is 25.2 Å². The monoisotopic (exact) mass is 410 g/mol. The lowest BCUT2D eigenvalue weighted by Crippen LogP contribution is -2.45. The first-order chi connectivity index (χ1) is 14.6. The Balaban J connectivity index is 1.33. The number of piperidine rings is 1. The van der Waals surface area contributed by atoms with Gasteiger partial charge in [-0.05, 0) is 67.6 Å². The van der Waals surface area contributed by atoms with Crippen LogP contribution < -0.4 is 10.2 Å². The van der Waals surface area contributed by atoms with E-state index in [1.165, 1.54) is 37.1 Å². The van der Waals surface area contributed by atoms with Gasteiger partial charge in [-0.15, -0.1) is 0 Å².